The van der Waals surface area contributed by atoms with E-state index in [1.54, 1.807) is 12.1 Å². The van der Waals surface area contributed by atoms with Crippen LogP contribution >= 0.6 is 0 Å². The molecule has 2 amide bonds. The van der Waals surface area contributed by atoms with E-state index >= 15 is 0 Å². The number of rotatable bonds is 1. The largest absolute Gasteiger partial charge is 0.349 e. The van der Waals surface area contributed by atoms with Crippen LogP contribution in [0.4, 0.5) is 10.5 Å². The van der Waals surface area contributed by atoms with Crippen molar-refractivity contribution in [3.8, 4) is 0 Å². The van der Waals surface area contributed by atoms with E-state index in [1.165, 1.54) is 0 Å². The molecule has 0 aliphatic carbocycles. The number of hydroxylamine groups is 1. The maximum Gasteiger partial charge on any atom is 0.343 e. The van der Waals surface area contributed by atoms with Crippen molar-refractivity contribution in [1.82, 2.24) is 0 Å². The van der Waals surface area contributed by atoms with Crippen LogP contribution in [0, 0.1) is 13.8 Å². The molecule has 1 aromatic rings. The molecule has 0 saturated heterocycles. The van der Waals surface area contributed by atoms with Crippen LogP contribution in [-0.4, -0.2) is 11.2 Å². The molecule has 1 aromatic carbocycles. The number of anilines is 1. The predicted molar refractivity (Wildman–Crippen MR) is 49.8 cm³/mol. The SMILES string of the molecule is Cc1cccc(N(O)C(N)=O)c1C. The molecule has 0 spiro atoms. The molecule has 3 N–H and O–H groups in total. The van der Waals surface area contributed by atoms with Gasteiger partial charge in [-0.3, -0.25) is 5.21 Å². The van der Waals surface area contributed by atoms with Crippen molar-refractivity contribution in [3.63, 3.8) is 0 Å². The number of carbonyl (C=O) groups excluding carboxylic acids is 1. The average molecular weight is 180 g/mol. The lowest BCUT2D eigenvalue weighted by Gasteiger charge is -2.15. The number of nitrogens with two attached hydrogens (primary N) is 1. The van der Waals surface area contributed by atoms with Crippen molar-refractivity contribution in [1.29, 1.82) is 0 Å². The second kappa shape index (κ2) is 3.45. The minimum Gasteiger partial charge on any atom is -0.349 e. The Balaban J connectivity index is 3.15. The van der Waals surface area contributed by atoms with Gasteiger partial charge in [-0.05, 0) is 31.0 Å². The van der Waals surface area contributed by atoms with Crippen LogP contribution in [-0.2, 0) is 0 Å². The van der Waals surface area contributed by atoms with Crippen molar-refractivity contribution in [2.75, 3.05) is 5.06 Å². The molecular weight excluding hydrogens is 168 g/mol. The van der Waals surface area contributed by atoms with Gasteiger partial charge in [0.15, 0.2) is 0 Å². The van der Waals surface area contributed by atoms with E-state index in [9.17, 15) is 10.0 Å². The van der Waals surface area contributed by atoms with Gasteiger partial charge < -0.3 is 5.73 Å². The standard InChI is InChI=1S/C9H12N2O2/c1-6-4-3-5-8(7(6)2)11(13)9(10)12/h3-5,13H,1-2H3,(H2,10,12). The van der Waals surface area contributed by atoms with Crippen LogP contribution in [0.1, 0.15) is 11.1 Å². The zero-order valence-corrected chi connectivity index (χ0v) is 7.61. The molecule has 13 heavy (non-hydrogen) atoms. The summed E-state index contributed by atoms with van der Waals surface area (Å²) in [5.74, 6) is 0. The van der Waals surface area contributed by atoms with Gasteiger partial charge in [-0.25, -0.2) is 4.79 Å². The van der Waals surface area contributed by atoms with Gasteiger partial charge in [-0.2, -0.15) is 5.06 Å². The van der Waals surface area contributed by atoms with E-state index in [0.29, 0.717) is 10.8 Å². The zero-order chi connectivity index (χ0) is 10.0. The smallest absolute Gasteiger partial charge is 0.343 e. The number of amides is 2. The molecule has 0 aromatic heterocycles. The third-order valence-electron chi connectivity index (χ3n) is 2.01. The first-order valence-corrected chi connectivity index (χ1v) is 3.88. The van der Waals surface area contributed by atoms with Crippen molar-refractivity contribution >= 4 is 11.7 Å². The van der Waals surface area contributed by atoms with Gasteiger partial charge >= 0.3 is 6.03 Å². The first-order chi connectivity index (χ1) is 6.04. The van der Waals surface area contributed by atoms with Gasteiger partial charge in [0.2, 0.25) is 0 Å². The van der Waals surface area contributed by atoms with Crippen molar-refractivity contribution in [2.45, 2.75) is 13.8 Å². The number of urea groups is 1. The summed E-state index contributed by atoms with van der Waals surface area (Å²) >= 11 is 0. The maximum atomic E-state index is 10.7. The lowest BCUT2D eigenvalue weighted by Crippen LogP contribution is -2.33. The molecule has 0 heterocycles. The maximum absolute atomic E-state index is 10.7. The molecule has 0 radical (unpaired) electrons. The van der Waals surface area contributed by atoms with Gasteiger partial charge in [0, 0.05) is 0 Å². The fourth-order valence-electron chi connectivity index (χ4n) is 1.08. The quantitative estimate of drug-likeness (QED) is 0.509. The highest BCUT2D eigenvalue weighted by Gasteiger charge is 2.11. The fraction of sp³-hybridized carbons (Fsp3) is 0.222. The van der Waals surface area contributed by atoms with Crippen LogP contribution in [0.15, 0.2) is 18.2 Å². The summed E-state index contributed by atoms with van der Waals surface area (Å²) in [4.78, 5) is 10.7. The van der Waals surface area contributed by atoms with Crippen LogP contribution in [0.5, 0.6) is 0 Å². The third-order valence-corrected chi connectivity index (χ3v) is 2.01. The number of benzene rings is 1. The van der Waals surface area contributed by atoms with E-state index in [1.807, 2.05) is 19.9 Å². The van der Waals surface area contributed by atoms with E-state index in [0.717, 1.165) is 11.1 Å². The summed E-state index contributed by atoms with van der Waals surface area (Å²) < 4.78 is 0. The van der Waals surface area contributed by atoms with Gasteiger partial charge in [-0.1, -0.05) is 12.1 Å². The lowest BCUT2D eigenvalue weighted by atomic mass is 10.1. The summed E-state index contributed by atoms with van der Waals surface area (Å²) in [6.45, 7) is 3.71. The Bertz CT molecular complexity index is 336. The highest BCUT2D eigenvalue weighted by molar-refractivity contribution is 5.89. The molecule has 4 heteroatoms. The molecule has 4 nitrogen and oxygen atoms in total. The second-order valence-electron chi connectivity index (χ2n) is 2.87. The van der Waals surface area contributed by atoms with Crippen LogP contribution in [0.3, 0.4) is 0 Å². The summed E-state index contributed by atoms with van der Waals surface area (Å²) in [6, 6.07) is 4.40. The molecule has 0 bridgehead atoms. The lowest BCUT2D eigenvalue weighted by molar-refractivity contribution is 0.212. The molecule has 0 saturated carbocycles. The van der Waals surface area contributed by atoms with E-state index < -0.39 is 6.03 Å². The monoisotopic (exact) mass is 180 g/mol. The second-order valence-corrected chi connectivity index (χ2v) is 2.87. The molecule has 0 fully saturated rings. The average Bonchev–Trinajstić information content (AvgIpc) is 2.08. The van der Waals surface area contributed by atoms with Gasteiger partial charge in [0.05, 0.1) is 5.69 Å². The van der Waals surface area contributed by atoms with Crippen molar-refractivity contribution < 1.29 is 10.0 Å². The zero-order valence-electron chi connectivity index (χ0n) is 7.61. The molecule has 0 atom stereocenters. The van der Waals surface area contributed by atoms with Crippen LogP contribution in [0.2, 0.25) is 0 Å². The summed E-state index contributed by atoms with van der Waals surface area (Å²) in [6.07, 6.45) is 0. The molecule has 0 unspecified atom stereocenters. The Morgan fingerprint density at radius 3 is 2.62 bits per heavy atom. The molecule has 1 rings (SSSR count). The predicted octanol–water partition coefficient (Wildman–Crippen LogP) is 1.58. The van der Waals surface area contributed by atoms with Crippen molar-refractivity contribution in [3.05, 3.63) is 29.3 Å². The number of hydrogen-bond acceptors (Lipinski definition) is 2. The first-order valence-electron chi connectivity index (χ1n) is 3.88. The van der Waals surface area contributed by atoms with E-state index in [2.05, 4.69) is 0 Å². The number of nitrogens with zero attached hydrogens (tertiary/aromatic N) is 1. The van der Waals surface area contributed by atoms with Gasteiger partial charge in [0.1, 0.15) is 0 Å². The normalized spacial score (nSPS) is 9.77. The Morgan fingerprint density at radius 2 is 2.08 bits per heavy atom. The number of hydrogen-bond donors (Lipinski definition) is 2. The number of primary amides is 1. The topological polar surface area (TPSA) is 66.6 Å². The summed E-state index contributed by atoms with van der Waals surface area (Å²) in [5.41, 5.74) is 7.18. The van der Waals surface area contributed by atoms with Gasteiger partial charge in [0.25, 0.3) is 0 Å². The molecular formula is C9H12N2O2. The summed E-state index contributed by atoms with van der Waals surface area (Å²) in [7, 11) is 0. The molecule has 70 valence electrons. The highest BCUT2D eigenvalue weighted by Crippen LogP contribution is 2.20. The van der Waals surface area contributed by atoms with E-state index in [4.69, 9.17) is 5.73 Å². The van der Waals surface area contributed by atoms with Crippen LogP contribution < -0.4 is 10.8 Å². The Morgan fingerprint density at radius 1 is 1.46 bits per heavy atom. The molecule has 0 aliphatic rings. The Labute approximate surface area is 76.5 Å². The van der Waals surface area contributed by atoms with E-state index in [-0.39, 0.29) is 0 Å². The Kier molecular flexibility index (Phi) is 2.53. The third kappa shape index (κ3) is 1.78. The number of carbonyl (C=O) groups is 1. The van der Waals surface area contributed by atoms with Gasteiger partial charge in [-0.15, -0.1) is 0 Å². The molecule has 0 aliphatic heterocycles. The van der Waals surface area contributed by atoms with Crippen molar-refractivity contribution in [2.24, 2.45) is 5.73 Å². The fourth-order valence-corrected chi connectivity index (χ4v) is 1.08. The minimum atomic E-state index is -0.881. The summed E-state index contributed by atoms with van der Waals surface area (Å²) in [5, 5.41) is 9.71. The highest BCUT2D eigenvalue weighted by atomic mass is 16.5. The first kappa shape index (κ1) is 9.54. The number of aryl methyl sites for hydroxylation is 1. The minimum absolute atomic E-state index is 0.424. The van der Waals surface area contributed by atoms with Crippen LogP contribution in [0.25, 0.3) is 0 Å². The Hall–Kier alpha value is -1.55.